The van der Waals surface area contributed by atoms with Crippen LogP contribution in [-0.2, 0) is 11.3 Å². The third-order valence-electron chi connectivity index (χ3n) is 3.58. The van der Waals surface area contributed by atoms with Gasteiger partial charge in [0, 0.05) is 30.9 Å². The normalized spacial score (nSPS) is 18.9. The van der Waals surface area contributed by atoms with Gasteiger partial charge in [-0.3, -0.25) is 4.79 Å². The van der Waals surface area contributed by atoms with Gasteiger partial charge in [-0.05, 0) is 38.1 Å². The number of hydrogen-bond donors (Lipinski definition) is 2. The minimum Gasteiger partial charge on any atom is -0.354 e. The topological polar surface area (TPSA) is 46.1 Å². The van der Waals surface area contributed by atoms with Crippen LogP contribution in [0.1, 0.15) is 19.8 Å². The van der Waals surface area contributed by atoms with E-state index in [9.17, 15) is 4.79 Å². The first-order chi connectivity index (χ1) is 8.21. The Morgan fingerprint density at radius 1 is 1.35 bits per heavy atom. The molecule has 0 bridgehead atoms. The summed E-state index contributed by atoms with van der Waals surface area (Å²) < 4.78 is 2.07. The van der Waals surface area contributed by atoms with E-state index < -0.39 is 0 Å². The van der Waals surface area contributed by atoms with Crippen molar-refractivity contribution < 1.29 is 4.79 Å². The Morgan fingerprint density at radius 2 is 2.00 bits per heavy atom. The van der Waals surface area contributed by atoms with Gasteiger partial charge < -0.3 is 15.2 Å². The maximum Gasteiger partial charge on any atom is 0.226 e. The molecule has 2 rings (SSSR count). The highest BCUT2D eigenvalue weighted by Gasteiger charge is 2.33. The van der Waals surface area contributed by atoms with Crippen LogP contribution in [0, 0.1) is 5.41 Å². The Hall–Kier alpha value is -1.29. The van der Waals surface area contributed by atoms with Gasteiger partial charge in [0.1, 0.15) is 0 Å². The molecule has 0 radical (unpaired) electrons. The molecular weight excluding hydrogens is 214 g/mol. The van der Waals surface area contributed by atoms with Crippen LogP contribution in [0.15, 0.2) is 24.5 Å². The number of carbonyl (C=O) groups excluding carboxylic acids is 1. The minimum atomic E-state index is -0.179. The number of rotatable bonds is 4. The highest BCUT2D eigenvalue weighted by molar-refractivity contribution is 5.82. The van der Waals surface area contributed by atoms with Crippen molar-refractivity contribution in [2.75, 3.05) is 19.6 Å². The molecule has 1 aromatic rings. The van der Waals surface area contributed by atoms with Crippen molar-refractivity contribution in [2.45, 2.75) is 26.3 Å². The van der Waals surface area contributed by atoms with Gasteiger partial charge >= 0.3 is 0 Å². The molecule has 4 nitrogen and oxygen atoms in total. The molecule has 2 N–H and O–H groups in total. The molecule has 0 aliphatic carbocycles. The van der Waals surface area contributed by atoms with Crippen molar-refractivity contribution in [3.05, 3.63) is 24.5 Å². The second-order valence-electron chi connectivity index (χ2n) is 4.99. The summed E-state index contributed by atoms with van der Waals surface area (Å²) in [4.78, 5) is 12.1. The number of nitrogens with zero attached hydrogens (tertiary/aromatic N) is 1. The second-order valence-corrected chi connectivity index (χ2v) is 4.99. The Kier molecular flexibility index (Phi) is 3.84. The van der Waals surface area contributed by atoms with E-state index in [4.69, 9.17) is 0 Å². The van der Waals surface area contributed by atoms with Gasteiger partial charge in [-0.25, -0.2) is 0 Å². The Labute approximate surface area is 102 Å². The fourth-order valence-corrected chi connectivity index (χ4v) is 2.24. The van der Waals surface area contributed by atoms with Crippen LogP contribution in [-0.4, -0.2) is 30.1 Å². The number of hydrogen-bond acceptors (Lipinski definition) is 2. The third kappa shape index (κ3) is 3.09. The maximum absolute atomic E-state index is 12.1. The lowest BCUT2D eigenvalue weighted by Crippen LogP contribution is -2.46. The molecule has 0 aromatic carbocycles. The molecule has 17 heavy (non-hydrogen) atoms. The molecule has 0 saturated carbocycles. The lowest BCUT2D eigenvalue weighted by Gasteiger charge is -2.32. The van der Waals surface area contributed by atoms with Gasteiger partial charge in [0.2, 0.25) is 5.91 Å². The van der Waals surface area contributed by atoms with E-state index in [1.807, 2.05) is 24.5 Å². The summed E-state index contributed by atoms with van der Waals surface area (Å²) in [5.74, 6) is 0.200. The Morgan fingerprint density at radius 3 is 2.65 bits per heavy atom. The number of aromatic nitrogens is 1. The van der Waals surface area contributed by atoms with Gasteiger partial charge in [0.25, 0.3) is 0 Å². The van der Waals surface area contributed by atoms with E-state index in [0.29, 0.717) is 6.54 Å². The molecule has 0 unspecified atom stereocenters. The predicted octanol–water partition coefficient (Wildman–Crippen LogP) is 0.994. The SMILES string of the molecule is CC1(C(=O)NCCn2cccc2)CCNCC1. The quantitative estimate of drug-likeness (QED) is 0.817. The first-order valence-electron chi connectivity index (χ1n) is 6.30. The van der Waals surface area contributed by atoms with Gasteiger partial charge in [-0.15, -0.1) is 0 Å². The summed E-state index contributed by atoms with van der Waals surface area (Å²) in [5.41, 5.74) is -0.179. The number of amides is 1. The highest BCUT2D eigenvalue weighted by atomic mass is 16.2. The van der Waals surface area contributed by atoms with Gasteiger partial charge in [0.05, 0.1) is 0 Å². The van der Waals surface area contributed by atoms with E-state index >= 15 is 0 Å². The summed E-state index contributed by atoms with van der Waals surface area (Å²) in [6, 6.07) is 3.99. The van der Waals surface area contributed by atoms with E-state index in [1.54, 1.807) is 0 Å². The van der Waals surface area contributed by atoms with Crippen LogP contribution >= 0.6 is 0 Å². The van der Waals surface area contributed by atoms with Crippen LogP contribution in [0.25, 0.3) is 0 Å². The van der Waals surface area contributed by atoms with Crippen LogP contribution in [0.3, 0.4) is 0 Å². The van der Waals surface area contributed by atoms with Crippen LogP contribution < -0.4 is 10.6 Å². The van der Waals surface area contributed by atoms with Crippen molar-refractivity contribution >= 4 is 5.91 Å². The van der Waals surface area contributed by atoms with Crippen LogP contribution in [0.5, 0.6) is 0 Å². The second kappa shape index (κ2) is 5.36. The monoisotopic (exact) mass is 235 g/mol. The molecule has 1 amide bonds. The van der Waals surface area contributed by atoms with E-state index in [2.05, 4.69) is 22.1 Å². The van der Waals surface area contributed by atoms with E-state index in [-0.39, 0.29) is 11.3 Å². The molecular formula is C13H21N3O. The summed E-state index contributed by atoms with van der Waals surface area (Å²) >= 11 is 0. The summed E-state index contributed by atoms with van der Waals surface area (Å²) in [5, 5.41) is 6.33. The fraction of sp³-hybridized carbons (Fsp3) is 0.615. The summed E-state index contributed by atoms with van der Waals surface area (Å²) in [6.07, 6.45) is 5.89. The lowest BCUT2D eigenvalue weighted by atomic mass is 9.80. The van der Waals surface area contributed by atoms with Gasteiger partial charge in [-0.1, -0.05) is 6.92 Å². The largest absolute Gasteiger partial charge is 0.354 e. The molecule has 1 aromatic heterocycles. The zero-order valence-corrected chi connectivity index (χ0v) is 10.4. The Balaban J connectivity index is 1.76. The summed E-state index contributed by atoms with van der Waals surface area (Å²) in [6.45, 7) is 5.51. The molecule has 1 fully saturated rings. The lowest BCUT2D eigenvalue weighted by molar-refractivity contribution is -0.131. The molecule has 1 saturated heterocycles. The van der Waals surface area contributed by atoms with Crippen molar-refractivity contribution in [3.8, 4) is 0 Å². The van der Waals surface area contributed by atoms with Crippen molar-refractivity contribution in [1.82, 2.24) is 15.2 Å². The molecule has 0 spiro atoms. The summed E-state index contributed by atoms with van der Waals surface area (Å²) in [7, 11) is 0. The zero-order chi connectivity index (χ0) is 12.1. The highest BCUT2D eigenvalue weighted by Crippen LogP contribution is 2.27. The average Bonchev–Trinajstić information content (AvgIpc) is 2.83. The molecule has 2 heterocycles. The Bertz CT molecular complexity index is 353. The van der Waals surface area contributed by atoms with Gasteiger partial charge in [-0.2, -0.15) is 0 Å². The molecule has 0 atom stereocenters. The van der Waals surface area contributed by atoms with Crippen LogP contribution in [0.2, 0.25) is 0 Å². The first-order valence-corrected chi connectivity index (χ1v) is 6.30. The van der Waals surface area contributed by atoms with Gasteiger partial charge in [0.15, 0.2) is 0 Å². The molecule has 1 aliphatic rings. The zero-order valence-electron chi connectivity index (χ0n) is 10.4. The van der Waals surface area contributed by atoms with Crippen LogP contribution in [0.4, 0.5) is 0 Å². The molecule has 4 heteroatoms. The maximum atomic E-state index is 12.1. The minimum absolute atomic E-state index is 0.179. The smallest absolute Gasteiger partial charge is 0.226 e. The number of carbonyl (C=O) groups is 1. The number of piperidine rings is 1. The molecule has 94 valence electrons. The van der Waals surface area contributed by atoms with E-state index in [0.717, 1.165) is 32.5 Å². The standard InChI is InChI=1S/C13H21N3O/c1-13(4-6-14-7-5-13)12(17)15-8-11-16-9-2-3-10-16/h2-3,9-10,14H,4-8,11H2,1H3,(H,15,17). The fourth-order valence-electron chi connectivity index (χ4n) is 2.24. The number of nitrogens with one attached hydrogen (secondary N) is 2. The average molecular weight is 235 g/mol. The van der Waals surface area contributed by atoms with E-state index in [1.165, 1.54) is 0 Å². The molecule has 1 aliphatic heterocycles. The predicted molar refractivity (Wildman–Crippen MR) is 67.7 cm³/mol. The van der Waals surface area contributed by atoms with Crippen molar-refractivity contribution in [3.63, 3.8) is 0 Å². The van der Waals surface area contributed by atoms with Crippen molar-refractivity contribution in [2.24, 2.45) is 5.41 Å². The first kappa shape index (κ1) is 12.2. The third-order valence-corrected chi connectivity index (χ3v) is 3.58. The van der Waals surface area contributed by atoms with Crippen molar-refractivity contribution in [1.29, 1.82) is 0 Å².